The van der Waals surface area contributed by atoms with Gasteiger partial charge in [0.1, 0.15) is 5.54 Å². The molecule has 2 fully saturated rings. The maximum Gasteiger partial charge on any atom is 0.322 e. The van der Waals surface area contributed by atoms with E-state index in [2.05, 4.69) is 10.6 Å². The van der Waals surface area contributed by atoms with E-state index in [0.717, 1.165) is 0 Å². The number of hydrogen-bond donors (Lipinski definition) is 2. The lowest BCUT2D eigenvalue weighted by Crippen LogP contribution is -2.51. The van der Waals surface area contributed by atoms with E-state index in [9.17, 15) is 14.4 Å². The van der Waals surface area contributed by atoms with E-state index in [1.54, 1.807) is 9.80 Å². The summed E-state index contributed by atoms with van der Waals surface area (Å²) in [7, 11) is 0. The van der Waals surface area contributed by atoms with Crippen LogP contribution in [0.2, 0.25) is 0 Å². The number of rotatable bonds is 2. The smallest absolute Gasteiger partial charge is 0.322 e. The maximum absolute atomic E-state index is 12.1. The molecule has 2 heterocycles. The minimum Gasteiger partial charge on any atom is -0.325 e. The van der Waals surface area contributed by atoms with Crippen LogP contribution in [0.25, 0.3) is 0 Å². The van der Waals surface area contributed by atoms with Gasteiger partial charge >= 0.3 is 12.1 Å². The summed E-state index contributed by atoms with van der Waals surface area (Å²) in [5.41, 5.74) is -0.917. The zero-order valence-corrected chi connectivity index (χ0v) is 10.7. The van der Waals surface area contributed by atoms with Crippen LogP contribution in [0.3, 0.4) is 0 Å². The van der Waals surface area contributed by atoms with E-state index < -0.39 is 11.6 Å². The van der Waals surface area contributed by atoms with Gasteiger partial charge in [-0.3, -0.25) is 10.1 Å². The van der Waals surface area contributed by atoms with Crippen LogP contribution in [0.1, 0.15) is 20.3 Å². The number of hydrogen-bond acceptors (Lipinski definition) is 3. The average molecular weight is 254 g/mol. The molecule has 5 amide bonds. The highest BCUT2D eigenvalue weighted by Crippen LogP contribution is 2.25. The summed E-state index contributed by atoms with van der Waals surface area (Å²) < 4.78 is 0. The van der Waals surface area contributed by atoms with Gasteiger partial charge in [-0.25, -0.2) is 9.59 Å². The second-order valence-electron chi connectivity index (χ2n) is 4.62. The van der Waals surface area contributed by atoms with Gasteiger partial charge in [-0.05, 0) is 20.3 Å². The van der Waals surface area contributed by atoms with Crippen molar-refractivity contribution in [2.75, 3.05) is 26.2 Å². The number of imide groups is 1. The molecule has 0 aliphatic carbocycles. The summed E-state index contributed by atoms with van der Waals surface area (Å²) in [5, 5.41) is 4.85. The summed E-state index contributed by atoms with van der Waals surface area (Å²) in [4.78, 5) is 38.4. The minimum absolute atomic E-state index is 0.0779. The van der Waals surface area contributed by atoms with Crippen molar-refractivity contribution in [3.05, 3.63) is 0 Å². The molecular weight excluding hydrogens is 236 g/mol. The number of carbonyl (C=O) groups is 3. The highest BCUT2D eigenvalue weighted by Gasteiger charge is 2.51. The second-order valence-corrected chi connectivity index (χ2v) is 4.62. The van der Waals surface area contributed by atoms with Crippen molar-refractivity contribution in [3.8, 4) is 0 Å². The van der Waals surface area contributed by atoms with Crippen molar-refractivity contribution in [1.29, 1.82) is 0 Å². The molecule has 0 aromatic carbocycles. The van der Waals surface area contributed by atoms with Crippen LogP contribution in [0, 0.1) is 0 Å². The van der Waals surface area contributed by atoms with E-state index in [0.29, 0.717) is 26.1 Å². The van der Waals surface area contributed by atoms with Gasteiger partial charge in [-0.1, -0.05) is 0 Å². The van der Waals surface area contributed by atoms with Crippen molar-refractivity contribution in [3.63, 3.8) is 0 Å². The first-order valence-corrected chi connectivity index (χ1v) is 6.20. The Bertz CT molecular complexity index is 394. The highest BCUT2D eigenvalue weighted by atomic mass is 16.2. The summed E-state index contributed by atoms with van der Waals surface area (Å²) in [6.45, 7) is 5.84. The van der Waals surface area contributed by atoms with Crippen LogP contribution >= 0.6 is 0 Å². The number of urea groups is 2. The van der Waals surface area contributed by atoms with Crippen molar-refractivity contribution in [2.45, 2.75) is 25.8 Å². The molecular formula is C11H18N4O3. The molecule has 0 saturated carbocycles. The predicted octanol–water partition coefficient (Wildman–Crippen LogP) is -0.268. The molecule has 0 bridgehead atoms. The fraction of sp³-hybridized carbons (Fsp3) is 0.727. The Kier molecular flexibility index (Phi) is 3.14. The largest absolute Gasteiger partial charge is 0.325 e. The van der Waals surface area contributed by atoms with Gasteiger partial charge in [-0.2, -0.15) is 0 Å². The van der Waals surface area contributed by atoms with E-state index in [1.165, 1.54) is 0 Å². The number of amides is 5. The first-order valence-electron chi connectivity index (χ1n) is 6.20. The van der Waals surface area contributed by atoms with E-state index >= 15 is 0 Å². The molecule has 2 aliphatic rings. The van der Waals surface area contributed by atoms with E-state index in [4.69, 9.17) is 0 Å². The minimum atomic E-state index is -0.917. The number of likely N-dealkylation sites (tertiary alicyclic amines) is 1. The van der Waals surface area contributed by atoms with Crippen molar-refractivity contribution in [2.24, 2.45) is 0 Å². The van der Waals surface area contributed by atoms with Crippen molar-refractivity contribution >= 4 is 18.0 Å². The fourth-order valence-corrected chi connectivity index (χ4v) is 2.48. The lowest BCUT2D eigenvalue weighted by Gasteiger charge is -2.27. The molecule has 100 valence electrons. The summed E-state index contributed by atoms with van der Waals surface area (Å²) in [5.74, 6) is -0.331. The predicted molar refractivity (Wildman–Crippen MR) is 63.9 cm³/mol. The molecule has 2 saturated heterocycles. The topological polar surface area (TPSA) is 81.8 Å². The molecule has 7 nitrogen and oxygen atoms in total. The Balaban J connectivity index is 2.06. The first kappa shape index (κ1) is 12.7. The summed E-state index contributed by atoms with van der Waals surface area (Å²) in [6.07, 6.45) is 0.470. The standard InChI is InChI=1S/C11H18N4O3/c1-3-14(4-2)10(18)15-6-5-11(7-15)8(16)12-9(17)13-11/h3-7H2,1-2H3,(H2,12,13,16,17). The fourth-order valence-electron chi connectivity index (χ4n) is 2.48. The third kappa shape index (κ3) is 1.89. The third-order valence-corrected chi connectivity index (χ3v) is 3.59. The molecule has 2 aliphatic heterocycles. The molecule has 0 aromatic rings. The molecule has 1 atom stereocenters. The molecule has 2 rings (SSSR count). The average Bonchev–Trinajstić information content (AvgIpc) is 2.86. The normalized spacial score (nSPS) is 26.4. The molecule has 2 N–H and O–H groups in total. The lowest BCUT2D eigenvalue weighted by atomic mass is 10.00. The lowest BCUT2D eigenvalue weighted by molar-refractivity contribution is -0.123. The van der Waals surface area contributed by atoms with E-state index in [-0.39, 0.29) is 18.5 Å². The first-order chi connectivity index (χ1) is 8.52. The molecule has 7 heteroatoms. The van der Waals surface area contributed by atoms with Gasteiger partial charge in [-0.15, -0.1) is 0 Å². The highest BCUT2D eigenvalue weighted by molar-refractivity contribution is 6.07. The number of nitrogens with zero attached hydrogens (tertiary/aromatic N) is 2. The van der Waals surface area contributed by atoms with Crippen LogP contribution in [-0.4, -0.2) is 59.5 Å². The maximum atomic E-state index is 12.1. The SMILES string of the molecule is CCN(CC)C(=O)N1CCC2(C1)NC(=O)NC2=O. The summed E-state index contributed by atoms with van der Waals surface area (Å²) in [6, 6.07) is -0.553. The van der Waals surface area contributed by atoms with Crippen LogP contribution in [0.5, 0.6) is 0 Å². The molecule has 1 spiro atoms. The van der Waals surface area contributed by atoms with Crippen LogP contribution in [0.4, 0.5) is 9.59 Å². The van der Waals surface area contributed by atoms with Gasteiger partial charge in [0.15, 0.2) is 0 Å². The molecule has 18 heavy (non-hydrogen) atoms. The Hall–Kier alpha value is -1.79. The van der Waals surface area contributed by atoms with Gasteiger partial charge in [0, 0.05) is 19.6 Å². The zero-order chi connectivity index (χ0) is 13.3. The molecule has 1 unspecified atom stereocenters. The summed E-state index contributed by atoms with van der Waals surface area (Å²) >= 11 is 0. The van der Waals surface area contributed by atoms with Gasteiger partial charge in [0.25, 0.3) is 5.91 Å². The van der Waals surface area contributed by atoms with Crippen molar-refractivity contribution in [1.82, 2.24) is 20.4 Å². The van der Waals surface area contributed by atoms with Gasteiger partial charge < -0.3 is 15.1 Å². The number of carbonyl (C=O) groups excluding carboxylic acids is 3. The van der Waals surface area contributed by atoms with Crippen LogP contribution in [-0.2, 0) is 4.79 Å². The van der Waals surface area contributed by atoms with E-state index in [1.807, 2.05) is 13.8 Å². The number of nitrogens with one attached hydrogen (secondary N) is 2. The monoisotopic (exact) mass is 254 g/mol. The second kappa shape index (κ2) is 4.47. The third-order valence-electron chi connectivity index (χ3n) is 3.59. The Morgan fingerprint density at radius 1 is 1.39 bits per heavy atom. The quantitative estimate of drug-likeness (QED) is 0.666. The Labute approximate surface area is 105 Å². The zero-order valence-electron chi connectivity index (χ0n) is 10.7. The van der Waals surface area contributed by atoms with Gasteiger partial charge in [0.2, 0.25) is 0 Å². The van der Waals surface area contributed by atoms with Crippen molar-refractivity contribution < 1.29 is 14.4 Å². The van der Waals surface area contributed by atoms with Crippen LogP contribution in [0.15, 0.2) is 0 Å². The molecule has 0 radical (unpaired) electrons. The Morgan fingerprint density at radius 2 is 2.06 bits per heavy atom. The van der Waals surface area contributed by atoms with Gasteiger partial charge in [0.05, 0.1) is 6.54 Å². The molecule has 0 aromatic heterocycles. The van der Waals surface area contributed by atoms with Crippen LogP contribution < -0.4 is 10.6 Å². The Morgan fingerprint density at radius 3 is 2.56 bits per heavy atom.